The Balaban J connectivity index is 0.000000707. The van der Waals surface area contributed by atoms with Gasteiger partial charge in [0.05, 0.1) is 24.1 Å². The van der Waals surface area contributed by atoms with Crippen molar-refractivity contribution in [3.63, 3.8) is 0 Å². The molecule has 15 heteroatoms. The number of hydrogen-bond acceptors (Lipinski definition) is 7. The first-order chi connectivity index (χ1) is 21.0. The van der Waals surface area contributed by atoms with E-state index in [-0.39, 0.29) is 29.4 Å². The van der Waals surface area contributed by atoms with Crippen molar-refractivity contribution in [1.82, 2.24) is 14.5 Å². The lowest BCUT2D eigenvalue weighted by molar-refractivity contribution is -0.192. The summed E-state index contributed by atoms with van der Waals surface area (Å²) in [6, 6.07) is 9.72. The highest BCUT2D eigenvalue weighted by Gasteiger charge is 2.38. The number of carbonyl (C=O) groups excluding carboxylic acids is 1. The number of nitrogens with one attached hydrogen (secondary N) is 1. The highest BCUT2D eigenvalue weighted by Crippen LogP contribution is 2.28. The molecule has 0 radical (unpaired) electrons. The summed E-state index contributed by atoms with van der Waals surface area (Å²) in [5.41, 5.74) is 2.97. The fraction of sp³-hybridized carbons (Fsp3) is 0.400. The molecule has 246 valence electrons. The van der Waals surface area contributed by atoms with Gasteiger partial charge in [-0.05, 0) is 92.4 Å². The fourth-order valence-electron chi connectivity index (χ4n) is 4.87. The van der Waals surface area contributed by atoms with Gasteiger partial charge in [-0.25, -0.2) is 17.6 Å². The summed E-state index contributed by atoms with van der Waals surface area (Å²) in [4.78, 5) is 24.1. The Morgan fingerprint density at radius 2 is 1.62 bits per heavy atom. The van der Waals surface area contributed by atoms with Gasteiger partial charge in [-0.2, -0.15) is 17.5 Å². The molecule has 2 heterocycles. The molecule has 2 aromatic carbocycles. The number of alkyl halides is 3. The number of furan rings is 1. The number of aliphatic carboxylic acids is 1. The van der Waals surface area contributed by atoms with E-state index < -0.39 is 28.1 Å². The average molecular weight is 658 g/mol. The number of carbonyl (C=O) groups is 2. The van der Waals surface area contributed by atoms with Crippen molar-refractivity contribution >= 4 is 21.9 Å². The van der Waals surface area contributed by atoms with Gasteiger partial charge in [-0.15, -0.1) is 0 Å². The maximum Gasteiger partial charge on any atom is 0.490 e. The van der Waals surface area contributed by atoms with E-state index in [2.05, 4.69) is 10.2 Å². The van der Waals surface area contributed by atoms with Crippen LogP contribution in [0.1, 0.15) is 51.2 Å². The number of ether oxygens (including phenoxy) is 1. The number of carboxylic acids is 1. The van der Waals surface area contributed by atoms with Gasteiger partial charge in [0, 0.05) is 20.1 Å². The number of benzene rings is 2. The van der Waals surface area contributed by atoms with Gasteiger partial charge in [0.15, 0.2) is 0 Å². The van der Waals surface area contributed by atoms with Crippen LogP contribution in [0.15, 0.2) is 52.0 Å². The van der Waals surface area contributed by atoms with Crippen molar-refractivity contribution in [1.29, 1.82) is 0 Å². The van der Waals surface area contributed by atoms with Crippen LogP contribution < -0.4 is 10.1 Å². The van der Waals surface area contributed by atoms with Crippen molar-refractivity contribution in [2.24, 2.45) is 0 Å². The summed E-state index contributed by atoms with van der Waals surface area (Å²) < 4.78 is 84.4. The van der Waals surface area contributed by atoms with E-state index in [1.165, 1.54) is 42.9 Å². The van der Waals surface area contributed by atoms with Crippen molar-refractivity contribution in [3.05, 3.63) is 82.1 Å². The van der Waals surface area contributed by atoms with Gasteiger partial charge in [0.1, 0.15) is 23.6 Å². The zero-order valence-corrected chi connectivity index (χ0v) is 26.0. The lowest BCUT2D eigenvalue weighted by Gasteiger charge is -2.19. The number of sulfonamides is 1. The number of amides is 1. The first kappa shape index (κ1) is 35.5. The van der Waals surface area contributed by atoms with Crippen LogP contribution in [0.2, 0.25) is 0 Å². The van der Waals surface area contributed by atoms with Gasteiger partial charge in [0.2, 0.25) is 10.0 Å². The van der Waals surface area contributed by atoms with Crippen molar-refractivity contribution in [2.75, 3.05) is 27.2 Å². The number of nitrogens with zero attached hydrogens (tertiary/aromatic N) is 2. The van der Waals surface area contributed by atoms with Gasteiger partial charge >= 0.3 is 12.1 Å². The molecule has 10 nitrogen and oxygen atoms in total. The van der Waals surface area contributed by atoms with Gasteiger partial charge in [-0.3, -0.25) is 9.69 Å². The van der Waals surface area contributed by atoms with Gasteiger partial charge in [-0.1, -0.05) is 6.07 Å². The van der Waals surface area contributed by atoms with E-state index in [0.717, 1.165) is 31.5 Å². The molecule has 4 rings (SSSR count). The quantitative estimate of drug-likeness (QED) is 0.291. The van der Waals surface area contributed by atoms with E-state index in [9.17, 15) is 30.8 Å². The molecule has 2 N–H and O–H groups in total. The van der Waals surface area contributed by atoms with E-state index in [4.69, 9.17) is 19.1 Å². The number of methoxy groups -OCH3 is 1. The minimum Gasteiger partial charge on any atom is -0.497 e. The highest BCUT2D eigenvalue weighted by molar-refractivity contribution is 7.89. The maximum atomic E-state index is 14.2. The second-order valence-corrected chi connectivity index (χ2v) is 12.6. The first-order valence-electron chi connectivity index (χ1n) is 13.8. The second-order valence-electron chi connectivity index (χ2n) is 10.6. The number of halogens is 4. The van der Waals surface area contributed by atoms with Gasteiger partial charge in [0.25, 0.3) is 5.91 Å². The third-order valence-corrected chi connectivity index (χ3v) is 9.06. The molecule has 1 saturated heterocycles. The predicted octanol–water partition coefficient (Wildman–Crippen LogP) is 5.02. The van der Waals surface area contributed by atoms with E-state index in [1.54, 1.807) is 26.0 Å². The number of aryl methyl sites for hydroxylation is 2. The molecule has 0 atom stereocenters. The topological polar surface area (TPSA) is 129 Å². The van der Waals surface area contributed by atoms with Crippen LogP contribution in [0, 0.1) is 19.7 Å². The van der Waals surface area contributed by atoms with Crippen LogP contribution in [0.4, 0.5) is 17.6 Å². The Bertz CT molecular complexity index is 1590. The Morgan fingerprint density at radius 3 is 2.18 bits per heavy atom. The second kappa shape index (κ2) is 14.9. The van der Waals surface area contributed by atoms with Crippen LogP contribution >= 0.6 is 0 Å². The van der Waals surface area contributed by atoms with Crippen LogP contribution in [0.3, 0.4) is 0 Å². The Labute approximate surface area is 258 Å². The van der Waals surface area contributed by atoms with E-state index in [0.29, 0.717) is 34.7 Å². The van der Waals surface area contributed by atoms with Gasteiger partial charge < -0.3 is 19.6 Å². The highest BCUT2D eigenvalue weighted by atomic mass is 32.2. The Morgan fingerprint density at radius 1 is 1.04 bits per heavy atom. The summed E-state index contributed by atoms with van der Waals surface area (Å²) in [5, 5.41) is 9.91. The largest absolute Gasteiger partial charge is 0.497 e. The van der Waals surface area contributed by atoms with Crippen molar-refractivity contribution in [2.45, 2.75) is 57.4 Å². The summed E-state index contributed by atoms with van der Waals surface area (Å²) in [6.07, 6.45) is -1.47. The third kappa shape index (κ3) is 9.77. The molecule has 1 aromatic heterocycles. The zero-order chi connectivity index (χ0) is 33.5. The molecule has 0 aliphatic carbocycles. The number of likely N-dealkylation sites (tertiary alicyclic amines) is 1. The molecule has 3 aromatic rings. The first-order valence-corrected chi connectivity index (χ1v) is 15.2. The molecular weight excluding hydrogens is 622 g/mol. The molecule has 1 aliphatic rings. The summed E-state index contributed by atoms with van der Waals surface area (Å²) in [7, 11) is -0.825. The molecule has 45 heavy (non-hydrogen) atoms. The Hall–Kier alpha value is -3.95. The van der Waals surface area contributed by atoms with E-state index in [1.807, 2.05) is 6.07 Å². The SMILES string of the molecule is COc1cc(C)c(S(=O)(=O)N(C)Cc2cc(C(=O)NCc3cc(F)cc(CN4CCCC4)c3)co2)c(C)c1.O=C(O)C(F)(F)F. The minimum atomic E-state index is -5.08. The predicted molar refractivity (Wildman–Crippen MR) is 156 cm³/mol. The number of carboxylic acid groups (broad SMARTS) is 1. The van der Waals surface area contributed by atoms with Crippen LogP contribution in [-0.4, -0.2) is 68.0 Å². The Kier molecular flexibility index (Phi) is 11.8. The minimum absolute atomic E-state index is 0.0513. The monoisotopic (exact) mass is 657 g/mol. The fourth-order valence-corrected chi connectivity index (χ4v) is 6.41. The summed E-state index contributed by atoms with van der Waals surface area (Å²) in [5.74, 6) is -2.57. The van der Waals surface area contributed by atoms with Crippen molar-refractivity contribution in [3.8, 4) is 5.75 Å². The lowest BCUT2D eigenvalue weighted by atomic mass is 10.1. The molecule has 1 fully saturated rings. The van der Waals surface area contributed by atoms with Crippen LogP contribution in [-0.2, 0) is 34.5 Å². The smallest absolute Gasteiger partial charge is 0.490 e. The molecule has 1 aliphatic heterocycles. The summed E-state index contributed by atoms with van der Waals surface area (Å²) in [6.45, 7) is 6.27. The maximum absolute atomic E-state index is 14.2. The average Bonchev–Trinajstić information content (AvgIpc) is 3.63. The third-order valence-electron chi connectivity index (χ3n) is 6.95. The van der Waals surface area contributed by atoms with Crippen LogP contribution in [0.25, 0.3) is 0 Å². The molecule has 0 spiro atoms. The standard InChI is InChI=1S/C28H34FN3O5S.C2HF3O2/c1-19-9-25(36-4)10-20(2)27(19)38(34,35)31(3)17-26-14-23(18-37-26)28(33)30-15-21-11-22(13-24(29)12-21)16-32-7-5-6-8-32;3-2(4,5)1(6)7/h9-14,18H,5-8,15-17H2,1-4H3,(H,30,33);(H,6,7). The number of hydrogen-bond donors (Lipinski definition) is 2. The van der Waals surface area contributed by atoms with E-state index >= 15 is 0 Å². The van der Waals surface area contributed by atoms with Crippen molar-refractivity contribution < 1.29 is 49.8 Å². The molecule has 1 amide bonds. The molecule has 0 unspecified atom stereocenters. The lowest BCUT2D eigenvalue weighted by Crippen LogP contribution is -2.27. The zero-order valence-electron chi connectivity index (χ0n) is 25.2. The normalized spacial score (nSPS) is 13.8. The summed E-state index contributed by atoms with van der Waals surface area (Å²) >= 11 is 0. The van der Waals surface area contributed by atoms with Crippen LogP contribution in [0.5, 0.6) is 5.75 Å². The number of rotatable bonds is 10. The molecule has 0 saturated carbocycles. The molecule has 0 bridgehead atoms. The molecular formula is C30H35F4N3O7S.